The summed E-state index contributed by atoms with van der Waals surface area (Å²) in [6, 6.07) is 1.67. The number of carbonyl (C=O) groups is 2. The van der Waals surface area contributed by atoms with Crippen molar-refractivity contribution in [2.75, 3.05) is 13.1 Å². The van der Waals surface area contributed by atoms with E-state index in [-0.39, 0.29) is 46.7 Å². The van der Waals surface area contributed by atoms with Gasteiger partial charge in [0.05, 0.1) is 30.1 Å². The number of hydrogen-bond donors (Lipinski definition) is 2. The number of likely N-dealkylation sites (tertiary alicyclic amines) is 1. The van der Waals surface area contributed by atoms with Crippen molar-refractivity contribution in [1.82, 2.24) is 30.5 Å². The SMILES string of the molecule is Cc1nonc1C(=O)NC(c1nc2c(F)c(C3(C(=O)N4CC(F)(F)C4)CCC(F)(F)CC3)ccc2[nH]1)C1CCC(F)(F)CC1. The van der Waals surface area contributed by atoms with Gasteiger partial charge < -0.3 is 15.2 Å². The van der Waals surface area contributed by atoms with Gasteiger partial charge >= 0.3 is 0 Å². The van der Waals surface area contributed by atoms with Crippen LogP contribution >= 0.6 is 0 Å². The molecule has 6 rings (SSSR count). The molecule has 1 unspecified atom stereocenters. The third kappa shape index (κ3) is 5.40. The van der Waals surface area contributed by atoms with Gasteiger partial charge in [0.25, 0.3) is 11.8 Å². The molecule has 2 aliphatic carbocycles. The van der Waals surface area contributed by atoms with Crippen molar-refractivity contribution in [3.05, 3.63) is 40.7 Å². The van der Waals surface area contributed by atoms with E-state index < -0.39 is 104 Å². The Labute approximate surface area is 245 Å². The van der Waals surface area contributed by atoms with Gasteiger partial charge in [-0.1, -0.05) is 11.2 Å². The van der Waals surface area contributed by atoms with E-state index in [4.69, 9.17) is 0 Å². The van der Waals surface area contributed by atoms with Crippen molar-refractivity contribution in [2.24, 2.45) is 5.92 Å². The molecular formula is C28H29F7N6O3. The molecule has 9 nitrogen and oxygen atoms in total. The molecule has 1 saturated heterocycles. The van der Waals surface area contributed by atoms with Gasteiger partial charge in [-0.25, -0.2) is 40.3 Å². The first-order valence-electron chi connectivity index (χ1n) is 14.3. The highest BCUT2D eigenvalue weighted by Gasteiger charge is 2.56. The van der Waals surface area contributed by atoms with Crippen LogP contribution in [-0.4, -0.2) is 67.9 Å². The van der Waals surface area contributed by atoms with Crippen LogP contribution in [0.5, 0.6) is 0 Å². The molecule has 3 aliphatic rings. The van der Waals surface area contributed by atoms with E-state index in [2.05, 4.69) is 30.2 Å². The molecule has 3 heterocycles. The normalized spacial score (nSPS) is 23.2. The van der Waals surface area contributed by atoms with Gasteiger partial charge in [-0.3, -0.25) is 9.59 Å². The molecule has 16 heteroatoms. The van der Waals surface area contributed by atoms with Crippen molar-refractivity contribution in [2.45, 2.75) is 87.5 Å². The van der Waals surface area contributed by atoms with E-state index in [1.807, 2.05) is 0 Å². The molecule has 1 aliphatic heterocycles. The summed E-state index contributed by atoms with van der Waals surface area (Å²) in [6.07, 6.45) is -3.21. The van der Waals surface area contributed by atoms with Crippen LogP contribution in [0.2, 0.25) is 0 Å². The third-order valence-electron chi connectivity index (χ3n) is 9.18. The number of carbonyl (C=O) groups excluding carboxylic acids is 2. The molecular weight excluding hydrogens is 601 g/mol. The summed E-state index contributed by atoms with van der Waals surface area (Å²) in [6.45, 7) is -0.287. The third-order valence-corrected chi connectivity index (χ3v) is 9.18. The minimum atomic E-state index is -3.11. The first-order valence-corrected chi connectivity index (χ1v) is 14.3. The molecule has 3 fully saturated rings. The molecule has 2 N–H and O–H groups in total. The average molecular weight is 631 g/mol. The number of aromatic nitrogens is 4. The Morgan fingerprint density at radius 3 is 2.18 bits per heavy atom. The molecule has 0 spiro atoms. The summed E-state index contributed by atoms with van der Waals surface area (Å²) in [5.41, 5.74) is -2.12. The number of fused-ring (bicyclic) bond motifs is 1. The van der Waals surface area contributed by atoms with Crippen molar-refractivity contribution >= 4 is 22.8 Å². The van der Waals surface area contributed by atoms with Crippen LogP contribution in [0.4, 0.5) is 30.7 Å². The fraction of sp³-hybridized carbons (Fsp3) is 0.607. The standard InChI is InChI=1S/C28H29F7N6O3/c1-14-19(40-44-39-14)23(42)38-20(15-4-6-26(30,31)7-5-15)22-36-17-3-2-16(18(29)21(17)37-22)25(8-10-27(32,33)11-9-25)24(43)41-12-28(34,35)13-41/h2-3,15,20H,4-13H2,1H3,(H,36,37)(H,38,42). The number of nitrogens with zero attached hydrogens (tertiary/aromatic N) is 4. The molecule has 2 saturated carbocycles. The highest BCUT2D eigenvalue weighted by molar-refractivity contribution is 5.93. The second-order valence-electron chi connectivity index (χ2n) is 12.2. The Balaban J connectivity index is 1.38. The van der Waals surface area contributed by atoms with Gasteiger partial charge in [-0.15, -0.1) is 0 Å². The number of aryl methyl sites for hydroxylation is 1. The lowest BCUT2D eigenvalue weighted by atomic mass is 9.66. The van der Waals surface area contributed by atoms with Crippen molar-refractivity contribution in [3.8, 4) is 0 Å². The first-order chi connectivity index (χ1) is 20.6. The molecule has 1 atom stereocenters. The van der Waals surface area contributed by atoms with Gasteiger partial charge in [-0.05, 0) is 49.7 Å². The van der Waals surface area contributed by atoms with Gasteiger partial charge in [0.15, 0.2) is 11.5 Å². The molecule has 3 aromatic rings. The fourth-order valence-electron chi connectivity index (χ4n) is 6.63. The minimum Gasteiger partial charge on any atom is -0.340 e. The Bertz CT molecular complexity index is 1580. The molecule has 1 aromatic carbocycles. The lowest BCUT2D eigenvalue weighted by molar-refractivity contribution is -0.175. The summed E-state index contributed by atoms with van der Waals surface area (Å²) < 4.78 is 105. The fourth-order valence-corrected chi connectivity index (χ4v) is 6.63. The quantitative estimate of drug-likeness (QED) is 0.342. The minimum absolute atomic E-state index is 0.0189. The number of amides is 2. The number of imidazole rings is 1. The van der Waals surface area contributed by atoms with Crippen molar-refractivity contribution in [3.63, 3.8) is 0 Å². The maximum atomic E-state index is 16.3. The summed E-state index contributed by atoms with van der Waals surface area (Å²) >= 11 is 0. The molecule has 2 aromatic heterocycles. The number of benzene rings is 1. The number of halogens is 7. The van der Waals surface area contributed by atoms with Gasteiger partial charge in [0, 0.05) is 31.2 Å². The molecule has 44 heavy (non-hydrogen) atoms. The lowest BCUT2D eigenvalue weighted by Gasteiger charge is -2.47. The van der Waals surface area contributed by atoms with Crippen LogP contribution in [0.15, 0.2) is 16.8 Å². The Morgan fingerprint density at radius 1 is 0.955 bits per heavy atom. The predicted octanol–water partition coefficient (Wildman–Crippen LogP) is 5.61. The Kier molecular flexibility index (Phi) is 7.19. The van der Waals surface area contributed by atoms with Crippen LogP contribution in [0, 0.1) is 18.7 Å². The van der Waals surface area contributed by atoms with Gasteiger partial charge in [0.1, 0.15) is 17.0 Å². The van der Waals surface area contributed by atoms with Crippen LogP contribution < -0.4 is 5.32 Å². The van der Waals surface area contributed by atoms with Gasteiger partial charge in [0.2, 0.25) is 17.8 Å². The van der Waals surface area contributed by atoms with E-state index in [1.54, 1.807) is 0 Å². The van der Waals surface area contributed by atoms with Crippen LogP contribution in [0.25, 0.3) is 11.0 Å². The van der Waals surface area contributed by atoms with Crippen molar-refractivity contribution < 1.29 is 45.0 Å². The van der Waals surface area contributed by atoms with Crippen LogP contribution in [-0.2, 0) is 10.2 Å². The smallest absolute Gasteiger partial charge is 0.282 e. The monoisotopic (exact) mass is 630 g/mol. The van der Waals surface area contributed by atoms with E-state index in [0.29, 0.717) is 0 Å². The maximum absolute atomic E-state index is 16.3. The number of alkyl halides is 6. The zero-order valence-corrected chi connectivity index (χ0v) is 23.5. The van der Waals surface area contributed by atoms with Crippen LogP contribution in [0.3, 0.4) is 0 Å². The average Bonchev–Trinajstić information content (AvgIpc) is 3.58. The largest absolute Gasteiger partial charge is 0.340 e. The van der Waals surface area contributed by atoms with E-state index in [1.165, 1.54) is 19.1 Å². The molecule has 0 radical (unpaired) electrons. The zero-order valence-electron chi connectivity index (χ0n) is 23.5. The molecule has 0 bridgehead atoms. The highest BCUT2D eigenvalue weighted by Crippen LogP contribution is 2.49. The van der Waals surface area contributed by atoms with E-state index in [9.17, 15) is 35.9 Å². The van der Waals surface area contributed by atoms with E-state index >= 15 is 4.39 Å². The molecule has 238 valence electrons. The Morgan fingerprint density at radius 2 is 1.59 bits per heavy atom. The van der Waals surface area contributed by atoms with Gasteiger partial charge in [-0.2, -0.15) is 0 Å². The number of H-pyrrole nitrogens is 1. The lowest BCUT2D eigenvalue weighted by Crippen LogP contribution is -2.63. The van der Waals surface area contributed by atoms with Crippen molar-refractivity contribution in [1.29, 1.82) is 0 Å². The maximum Gasteiger partial charge on any atom is 0.282 e. The predicted molar refractivity (Wildman–Crippen MR) is 139 cm³/mol. The number of nitrogens with one attached hydrogen (secondary N) is 2. The number of hydrogen-bond acceptors (Lipinski definition) is 6. The number of rotatable bonds is 6. The topological polar surface area (TPSA) is 117 Å². The first kappa shape index (κ1) is 30.3. The van der Waals surface area contributed by atoms with Crippen LogP contribution in [0.1, 0.15) is 85.0 Å². The summed E-state index contributed by atoms with van der Waals surface area (Å²) in [5, 5.41) is 9.87. The van der Waals surface area contributed by atoms with E-state index in [0.717, 1.165) is 4.90 Å². The molecule has 2 amide bonds. The second kappa shape index (κ2) is 10.4. The summed E-state index contributed by atoms with van der Waals surface area (Å²) in [5.74, 6) is -12.1. The highest BCUT2D eigenvalue weighted by atomic mass is 19.3. The zero-order chi connectivity index (χ0) is 31.7. The summed E-state index contributed by atoms with van der Waals surface area (Å²) in [7, 11) is 0. The number of aromatic amines is 1. The Hall–Kier alpha value is -3.72. The summed E-state index contributed by atoms with van der Waals surface area (Å²) in [4.78, 5) is 34.8. The second-order valence-corrected chi connectivity index (χ2v) is 12.2.